The molecule has 143 heavy (non-hydrogen) atoms. The Kier molecular flexibility index (Phi) is 39.7. The van der Waals surface area contributed by atoms with Crippen LogP contribution in [0.1, 0.15) is 228 Å². The van der Waals surface area contributed by atoms with Gasteiger partial charge in [0.1, 0.15) is 37.3 Å². The number of ether oxygens (including phenoxy) is 7. The summed E-state index contributed by atoms with van der Waals surface area (Å²) in [6.45, 7) is 37.8. The Morgan fingerprint density at radius 1 is 0.427 bits per heavy atom. The van der Waals surface area contributed by atoms with E-state index < -0.39 is 41.3 Å². The van der Waals surface area contributed by atoms with E-state index in [2.05, 4.69) is 166 Å². The number of hydrogen-bond donors (Lipinski definition) is 4. The predicted molar refractivity (Wildman–Crippen MR) is 539 cm³/mol. The minimum Gasteiger partial charge on any atom is -0.395 e. The summed E-state index contributed by atoms with van der Waals surface area (Å²) in [4.78, 5) is 90.6. The average Bonchev–Trinajstić information content (AvgIpc) is 1.75. The lowest BCUT2D eigenvalue weighted by Gasteiger charge is -2.47. The number of benzene rings is 7. The number of aromatic nitrogens is 2. The van der Waals surface area contributed by atoms with E-state index >= 15 is 0 Å². The van der Waals surface area contributed by atoms with Crippen molar-refractivity contribution in [2.75, 3.05) is 112 Å². The van der Waals surface area contributed by atoms with Crippen LogP contribution >= 0.6 is 0 Å². The van der Waals surface area contributed by atoms with Crippen molar-refractivity contribution in [3.8, 4) is 0 Å². The predicted octanol–water partition coefficient (Wildman–Crippen LogP) is 18.6. The fourth-order valence-electron chi connectivity index (χ4n) is 19.1. The third-order valence-electron chi connectivity index (χ3n) is 27.6. The zero-order valence-electron chi connectivity index (χ0n) is 85.1. The Morgan fingerprint density at radius 3 is 1.22 bits per heavy atom. The number of ketones is 1. The summed E-state index contributed by atoms with van der Waals surface area (Å²) in [5.41, 5.74) is 6.97. The van der Waals surface area contributed by atoms with Gasteiger partial charge in [0.15, 0.2) is 5.78 Å². The maximum atomic E-state index is 13.8. The Bertz CT molecular complexity index is 5500. The first-order chi connectivity index (χ1) is 68.1. The van der Waals surface area contributed by atoms with E-state index in [1.165, 1.54) is 35.7 Å². The van der Waals surface area contributed by atoms with Gasteiger partial charge in [-0.3, -0.25) is 38.6 Å². The summed E-state index contributed by atoms with van der Waals surface area (Å²) in [5, 5.41) is 25.3. The number of rotatable bonds is 22. The summed E-state index contributed by atoms with van der Waals surface area (Å²) in [7, 11) is 0. The summed E-state index contributed by atoms with van der Waals surface area (Å²) in [5.74, 6) is -0.482. The quantitative estimate of drug-likeness (QED) is 0.0459. The SMILES string of the molecule is CC(=O)[C@@H]1COCC(=O)N1Cc1ccccc1.CC1(C)COC[C@@H](CO)N1Cc1ccccc1.CC[C@@H]1COCC(=O)N1Cc1ccccc1.CC[C@@H]1COCC(C)(C)N1Cc1ccccc1.Cc1cc(C(=O)NC2CCC(C)(C)COC2)nc2c(C(F)(F)F)cc(C3CC3)cc12.Cc1cc(C(=O)NCC2COCC(C)(C)C2)nc2c(C(F)(F)F)cc(C3CC3)cc12.O=C1COC[C@@H](CO)N1Cc1ccccc1. The highest BCUT2D eigenvalue weighted by Crippen LogP contribution is 2.47. The second kappa shape index (κ2) is 51.0. The molecule has 0 radical (unpaired) electrons. The molecule has 30 heteroatoms. The number of carbonyl (C=O) groups is 6. The van der Waals surface area contributed by atoms with E-state index in [1.807, 2.05) is 89.8 Å². The number of aryl methyl sites for hydroxylation is 2. The van der Waals surface area contributed by atoms with Gasteiger partial charge in [-0.05, 0) is 215 Å². The standard InChI is InChI=1S/2C23H27F3N2O2.C15H23NO.C14H21NO2.C13H15NO3.C13H17NO2.C12H15NO3/c1-13-6-19(21(29)27-10-14-9-22(2,3)12-30-11-14)28-20-17(13)7-16(15-4-5-15)8-18(20)23(24,25)26;1-13-8-19(21(29)27-16-6-7-22(2,3)12-30-11-16)28-20-17(13)9-15(14-4-5-14)10-18(20)23(24,25)26;1-4-14-11-17-12-15(2,3)16(14)10-13-8-6-5-7-9-13;1-14(2)11-17-10-13(9-16)15(14)8-12-6-4-3-5-7-12;1-10(15)12-8-17-9-13(16)14(12)7-11-5-3-2-4-6-11;1-2-12-9-16-10-13(15)14(12)8-11-6-4-3-5-7-11;14-7-11-8-16-9-12(15)13(11)6-10-4-2-1-3-5-10/h6-8,14-15H,4-5,9-12H2,1-3H3,(H,27,29);8-10,14,16H,4-7,11-12H2,1-3H3,(H,27,29);5-9,14H,4,10-12H2,1-3H3;3-7,13,16H,8-11H2,1-2H3;2-6,12H,7-9H2,1H3;3-7,12H,2,8-10H2,1H3;1-5,11,14H,6-9H2/t;;14-;13-;2*12-;11-/m..11011/s1. The lowest BCUT2D eigenvalue weighted by atomic mass is 9.82. The number of aliphatic hydroxyl groups is 2. The van der Waals surface area contributed by atoms with Crippen molar-refractivity contribution in [1.82, 2.24) is 45.1 Å². The molecule has 9 aromatic rings. The van der Waals surface area contributed by atoms with E-state index in [-0.39, 0.29) is 143 Å². The van der Waals surface area contributed by atoms with Crippen molar-refractivity contribution in [3.05, 3.63) is 261 Å². The molecule has 0 bridgehead atoms. The number of carbonyl (C=O) groups excluding carboxylic acids is 6. The zero-order chi connectivity index (χ0) is 103. The highest BCUT2D eigenvalue weighted by atomic mass is 19.4. The molecule has 2 saturated carbocycles. The molecule has 4 N–H and O–H groups in total. The van der Waals surface area contributed by atoms with Crippen LogP contribution in [0, 0.1) is 30.6 Å². The van der Waals surface area contributed by atoms with Crippen molar-refractivity contribution >= 4 is 57.1 Å². The number of amides is 5. The molecule has 0 spiro atoms. The van der Waals surface area contributed by atoms with Gasteiger partial charge in [-0.1, -0.05) is 193 Å². The van der Waals surface area contributed by atoms with Crippen LogP contribution in [0.25, 0.3) is 21.8 Å². The maximum absolute atomic E-state index is 13.8. The van der Waals surface area contributed by atoms with Gasteiger partial charge >= 0.3 is 12.4 Å². The number of halogens is 6. The van der Waals surface area contributed by atoms with Crippen molar-refractivity contribution in [1.29, 1.82) is 0 Å². The highest BCUT2D eigenvalue weighted by molar-refractivity contribution is 5.98. The summed E-state index contributed by atoms with van der Waals surface area (Å²) < 4.78 is 121. The molecule has 9 heterocycles. The summed E-state index contributed by atoms with van der Waals surface area (Å²) in [6, 6.07) is 59.8. The van der Waals surface area contributed by atoms with Crippen molar-refractivity contribution < 1.29 is 98.5 Å². The van der Waals surface area contributed by atoms with Gasteiger partial charge in [0.05, 0.1) is 132 Å². The minimum absolute atomic E-state index is 0.00757. The number of nitrogens with zero attached hydrogens (tertiary/aromatic N) is 7. The van der Waals surface area contributed by atoms with Crippen LogP contribution in [-0.4, -0.2) is 240 Å². The fourth-order valence-corrected chi connectivity index (χ4v) is 19.1. The van der Waals surface area contributed by atoms with E-state index in [9.17, 15) is 65.3 Å². The smallest absolute Gasteiger partial charge is 0.395 e. The molecule has 5 amide bonds. The molecule has 7 aromatic carbocycles. The third-order valence-corrected chi connectivity index (χ3v) is 27.6. The van der Waals surface area contributed by atoms with Crippen molar-refractivity contribution in [3.63, 3.8) is 0 Å². The number of morpholine rings is 5. The van der Waals surface area contributed by atoms with Crippen LogP contribution in [0.2, 0.25) is 0 Å². The van der Waals surface area contributed by atoms with Gasteiger partial charge in [0.2, 0.25) is 17.7 Å². The number of nitrogens with one attached hydrogen (secondary N) is 2. The van der Waals surface area contributed by atoms with Crippen molar-refractivity contribution in [2.24, 2.45) is 16.7 Å². The van der Waals surface area contributed by atoms with Crippen LogP contribution in [0.4, 0.5) is 26.3 Å². The van der Waals surface area contributed by atoms with Gasteiger partial charge < -0.3 is 68.7 Å². The normalized spacial score (nSPS) is 22.2. The van der Waals surface area contributed by atoms with E-state index in [0.29, 0.717) is 118 Å². The molecule has 9 fully saturated rings. The lowest BCUT2D eigenvalue weighted by Crippen LogP contribution is -2.58. The number of pyridine rings is 2. The molecule has 24 nitrogen and oxygen atoms in total. The second-order valence-electron chi connectivity index (χ2n) is 41.8. The van der Waals surface area contributed by atoms with Crippen LogP contribution in [0.5, 0.6) is 0 Å². The summed E-state index contributed by atoms with van der Waals surface area (Å²) >= 11 is 0. The fraction of sp³-hybridized carbons (Fsp3) is 0.522. The Balaban J connectivity index is 0.000000152. The molecule has 7 atom stereocenters. The maximum Gasteiger partial charge on any atom is 0.418 e. The van der Waals surface area contributed by atoms with Crippen molar-refractivity contribution in [2.45, 2.75) is 252 Å². The van der Waals surface area contributed by atoms with Crippen LogP contribution in [0.3, 0.4) is 0 Å². The molecule has 774 valence electrons. The molecule has 2 unspecified atom stereocenters. The zero-order valence-corrected chi connectivity index (χ0v) is 85.1. The Morgan fingerprint density at radius 2 is 0.797 bits per heavy atom. The first kappa shape index (κ1) is 111. The first-order valence-corrected chi connectivity index (χ1v) is 50.2. The largest absolute Gasteiger partial charge is 0.418 e. The number of alkyl halides is 6. The molecule has 2 aliphatic carbocycles. The van der Waals surface area contributed by atoms with E-state index in [4.69, 9.17) is 33.2 Å². The highest BCUT2D eigenvalue weighted by Gasteiger charge is 2.43. The summed E-state index contributed by atoms with van der Waals surface area (Å²) in [6.07, 6.45) is -0.745. The third kappa shape index (κ3) is 32.3. The van der Waals surface area contributed by atoms with Crippen LogP contribution in [-0.2, 0) is 97.4 Å². The Hall–Kier alpha value is -10.5. The van der Waals surface area contributed by atoms with Gasteiger partial charge in [-0.2, -0.15) is 26.3 Å². The second-order valence-corrected chi connectivity index (χ2v) is 41.8. The topological polar surface area (TPSA) is 274 Å². The Labute approximate surface area is 838 Å². The number of Topliss-reactive ketones (excluding diaryl/α,β-unsaturated/α-hetero) is 1. The van der Waals surface area contributed by atoms with E-state index in [1.54, 1.807) is 47.9 Å². The molecule has 2 aromatic heterocycles. The molecule has 7 saturated heterocycles. The van der Waals surface area contributed by atoms with Gasteiger partial charge in [-0.25, -0.2) is 9.97 Å². The van der Waals surface area contributed by atoms with E-state index in [0.717, 1.165) is 102 Å². The molecular weight excluding hydrogens is 1840 g/mol. The minimum atomic E-state index is -4.53. The molecule has 9 aliphatic rings. The van der Waals surface area contributed by atoms with Crippen LogP contribution in [0.15, 0.2) is 188 Å². The molecule has 18 rings (SSSR count). The lowest BCUT2D eigenvalue weighted by molar-refractivity contribution is -0.154. The van der Waals surface area contributed by atoms with Gasteiger partial charge in [0.25, 0.3) is 11.8 Å². The number of fused-ring (bicyclic) bond motifs is 2. The average molecular weight is 1980 g/mol. The molecular formula is C113H145F6N9O15. The van der Waals surface area contributed by atoms with Gasteiger partial charge in [-0.15, -0.1) is 0 Å². The van der Waals surface area contributed by atoms with Gasteiger partial charge in [0, 0.05) is 73.1 Å². The molecule has 7 aliphatic heterocycles. The number of hydrogen-bond acceptors (Lipinski definition) is 19. The number of aliphatic hydroxyl groups excluding tert-OH is 2. The monoisotopic (exact) mass is 1980 g/mol. The van der Waals surface area contributed by atoms with Crippen LogP contribution < -0.4 is 10.6 Å². The first-order valence-electron chi connectivity index (χ1n) is 50.2.